The van der Waals surface area contributed by atoms with Gasteiger partial charge in [-0.25, -0.2) is 9.18 Å². The quantitative estimate of drug-likeness (QED) is 0.650. The Kier molecular flexibility index (Phi) is 5.71. The molecule has 0 aliphatic carbocycles. The highest BCUT2D eigenvalue weighted by molar-refractivity contribution is 9.10. The highest BCUT2D eigenvalue weighted by Crippen LogP contribution is 2.33. The van der Waals surface area contributed by atoms with Gasteiger partial charge in [-0.2, -0.15) is 0 Å². The van der Waals surface area contributed by atoms with Crippen LogP contribution in [0.5, 0.6) is 0 Å². The molecule has 28 heavy (non-hydrogen) atoms. The van der Waals surface area contributed by atoms with Gasteiger partial charge in [0.05, 0.1) is 5.69 Å². The van der Waals surface area contributed by atoms with Crippen molar-refractivity contribution in [1.82, 2.24) is 10.2 Å². The normalized spacial score (nSPS) is 18.9. The summed E-state index contributed by atoms with van der Waals surface area (Å²) < 4.78 is 14.4. The standard InChI is InChI=1S/C19H16BrClFN3O3/c1-2-19(11-3-6-13(21)7-4-11)17(27)25(18(28)24-19)10-16(26)23-15-8-5-12(20)9-14(15)22/h3-9H,2,10H2,1H3,(H,23,26)(H,24,28). The number of nitrogens with one attached hydrogen (secondary N) is 2. The molecular weight excluding hydrogens is 453 g/mol. The Bertz CT molecular complexity index is 954. The van der Waals surface area contributed by atoms with Crippen LogP contribution in [-0.4, -0.2) is 29.3 Å². The number of hydrogen-bond donors (Lipinski definition) is 2. The van der Waals surface area contributed by atoms with Crippen LogP contribution in [0.25, 0.3) is 0 Å². The number of benzene rings is 2. The molecule has 2 aromatic carbocycles. The highest BCUT2D eigenvalue weighted by atomic mass is 79.9. The zero-order valence-electron chi connectivity index (χ0n) is 14.8. The largest absolute Gasteiger partial charge is 0.325 e. The van der Waals surface area contributed by atoms with Gasteiger partial charge >= 0.3 is 6.03 Å². The third-order valence-electron chi connectivity index (χ3n) is 4.55. The van der Waals surface area contributed by atoms with Crippen molar-refractivity contribution in [3.05, 3.63) is 63.3 Å². The van der Waals surface area contributed by atoms with Crippen molar-refractivity contribution in [1.29, 1.82) is 0 Å². The number of hydrogen-bond acceptors (Lipinski definition) is 3. The summed E-state index contributed by atoms with van der Waals surface area (Å²) in [6, 6.07) is 10.0. The molecule has 6 nitrogen and oxygen atoms in total. The monoisotopic (exact) mass is 467 g/mol. The molecule has 1 unspecified atom stereocenters. The van der Waals surface area contributed by atoms with Crippen molar-refractivity contribution >= 4 is 51.1 Å². The molecule has 0 radical (unpaired) electrons. The number of nitrogens with zero attached hydrogens (tertiary/aromatic N) is 1. The molecule has 2 N–H and O–H groups in total. The Hall–Kier alpha value is -2.45. The average molecular weight is 469 g/mol. The van der Waals surface area contributed by atoms with Crippen LogP contribution in [0.1, 0.15) is 18.9 Å². The van der Waals surface area contributed by atoms with Crippen molar-refractivity contribution in [2.75, 3.05) is 11.9 Å². The Morgan fingerprint density at radius 1 is 1.25 bits per heavy atom. The lowest BCUT2D eigenvalue weighted by Gasteiger charge is -2.25. The van der Waals surface area contributed by atoms with Crippen molar-refractivity contribution in [3.63, 3.8) is 0 Å². The molecule has 1 aliphatic rings. The third-order valence-corrected chi connectivity index (χ3v) is 5.30. The summed E-state index contributed by atoms with van der Waals surface area (Å²) in [7, 11) is 0. The summed E-state index contributed by atoms with van der Waals surface area (Å²) >= 11 is 9.03. The Balaban J connectivity index is 1.79. The van der Waals surface area contributed by atoms with Crippen LogP contribution in [0.3, 0.4) is 0 Å². The predicted molar refractivity (Wildman–Crippen MR) is 106 cm³/mol. The second-order valence-corrected chi connectivity index (χ2v) is 7.61. The fraction of sp³-hybridized carbons (Fsp3) is 0.211. The summed E-state index contributed by atoms with van der Waals surface area (Å²) in [5.74, 6) is -1.87. The molecule has 1 aliphatic heterocycles. The van der Waals surface area contributed by atoms with E-state index < -0.39 is 35.7 Å². The fourth-order valence-corrected chi connectivity index (χ4v) is 3.53. The van der Waals surface area contributed by atoms with Crippen LogP contribution in [0.4, 0.5) is 14.9 Å². The predicted octanol–water partition coefficient (Wildman–Crippen LogP) is 4.04. The summed E-state index contributed by atoms with van der Waals surface area (Å²) in [4.78, 5) is 38.5. The zero-order chi connectivity index (χ0) is 20.5. The first kappa shape index (κ1) is 20.3. The van der Waals surface area contributed by atoms with E-state index in [1.165, 1.54) is 12.1 Å². The van der Waals surface area contributed by atoms with Crippen LogP contribution in [-0.2, 0) is 15.1 Å². The minimum Gasteiger partial charge on any atom is -0.322 e. The van der Waals surface area contributed by atoms with E-state index in [1.807, 2.05) is 0 Å². The molecule has 2 aromatic rings. The lowest BCUT2D eigenvalue weighted by atomic mass is 9.87. The van der Waals surface area contributed by atoms with Gasteiger partial charge in [0.1, 0.15) is 17.9 Å². The summed E-state index contributed by atoms with van der Waals surface area (Å²) in [6.45, 7) is 1.23. The lowest BCUT2D eigenvalue weighted by molar-refractivity contribution is -0.134. The van der Waals surface area contributed by atoms with Crippen LogP contribution in [0.15, 0.2) is 46.9 Å². The number of carbonyl (C=O) groups is 3. The topological polar surface area (TPSA) is 78.5 Å². The van der Waals surface area contributed by atoms with Crippen molar-refractivity contribution < 1.29 is 18.8 Å². The smallest absolute Gasteiger partial charge is 0.322 e. The molecule has 0 bridgehead atoms. The Morgan fingerprint density at radius 3 is 2.54 bits per heavy atom. The van der Waals surface area contributed by atoms with Gasteiger partial charge < -0.3 is 10.6 Å². The first-order valence-corrected chi connectivity index (χ1v) is 9.59. The van der Waals surface area contributed by atoms with Gasteiger partial charge in [-0.15, -0.1) is 0 Å². The Labute approximate surface area is 174 Å². The van der Waals surface area contributed by atoms with Gasteiger partial charge in [0, 0.05) is 9.50 Å². The second-order valence-electron chi connectivity index (χ2n) is 6.26. The van der Waals surface area contributed by atoms with E-state index in [2.05, 4.69) is 26.6 Å². The first-order valence-electron chi connectivity index (χ1n) is 8.42. The van der Waals surface area contributed by atoms with Gasteiger partial charge in [-0.05, 0) is 42.3 Å². The third kappa shape index (κ3) is 3.74. The molecule has 0 aromatic heterocycles. The minimum absolute atomic E-state index is 0.0419. The lowest BCUT2D eigenvalue weighted by Crippen LogP contribution is -2.44. The molecule has 146 valence electrons. The van der Waals surface area contributed by atoms with Crippen molar-refractivity contribution in [2.45, 2.75) is 18.9 Å². The number of rotatable bonds is 5. The molecule has 1 heterocycles. The molecule has 1 fully saturated rings. The molecule has 1 atom stereocenters. The number of carbonyl (C=O) groups excluding carboxylic acids is 3. The van der Waals surface area contributed by atoms with Gasteiger partial charge in [0.25, 0.3) is 5.91 Å². The SMILES string of the molecule is CCC1(c2ccc(Cl)cc2)NC(=O)N(CC(=O)Nc2ccc(Br)cc2F)C1=O. The van der Waals surface area contributed by atoms with E-state index in [4.69, 9.17) is 11.6 Å². The van der Waals surface area contributed by atoms with E-state index in [1.54, 1.807) is 37.3 Å². The maximum Gasteiger partial charge on any atom is 0.325 e. The van der Waals surface area contributed by atoms with E-state index in [0.717, 1.165) is 4.90 Å². The molecule has 0 spiro atoms. The maximum absolute atomic E-state index is 13.9. The maximum atomic E-state index is 13.9. The van der Waals surface area contributed by atoms with Crippen molar-refractivity contribution in [3.8, 4) is 0 Å². The Morgan fingerprint density at radius 2 is 1.93 bits per heavy atom. The number of imide groups is 1. The van der Waals surface area contributed by atoms with Crippen LogP contribution in [0, 0.1) is 5.82 Å². The van der Waals surface area contributed by atoms with E-state index in [0.29, 0.717) is 21.5 Å². The number of anilines is 1. The molecule has 4 amide bonds. The zero-order valence-corrected chi connectivity index (χ0v) is 17.1. The molecule has 3 rings (SSSR count). The van der Waals surface area contributed by atoms with Crippen molar-refractivity contribution in [2.24, 2.45) is 0 Å². The summed E-state index contributed by atoms with van der Waals surface area (Å²) in [6.07, 6.45) is 0.290. The van der Waals surface area contributed by atoms with E-state index >= 15 is 0 Å². The first-order chi connectivity index (χ1) is 13.3. The minimum atomic E-state index is -1.27. The number of halogens is 3. The van der Waals surface area contributed by atoms with E-state index in [9.17, 15) is 18.8 Å². The summed E-state index contributed by atoms with van der Waals surface area (Å²) in [5, 5.41) is 5.55. The van der Waals surface area contributed by atoms with Crippen LogP contribution >= 0.6 is 27.5 Å². The van der Waals surface area contributed by atoms with Crippen LogP contribution in [0.2, 0.25) is 5.02 Å². The number of urea groups is 1. The highest BCUT2D eigenvalue weighted by Gasteiger charge is 2.51. The molecule has 0 saturated carbocycles. The molecular formula is C19H16BrClFN3O3. The fourth-order valence-electron chi connectivity index (χ4n) is 3.07. The average Bonchev–Trinajstić information content (AvgIpc) is 2.90. The van der Waals surface area contributed by atoms with Gasteiger partial charge in [0.15, 0.2) is 0 Å². The molecule has 1 saturated heterocycles. The second kappa shape index (κ2) is 7.89. The van der Waals surface area contributed by atoms with Crippen LogP contribution < -0.4 is 10.6 Å². The van der Waals surface area contributed by atoms with Gasteiger partial charge in [-0.1, -0.05) is 46.6 Å². The van der Waals surface area contributed by atoms with E-state index in [-0.39, 0.29) is 5.69 Å². The summed E-state index contributed by atoms with van der Waals surface area (Å²) in [5.41, 5.74) is -0.746. The van der Waals surface area contributed by atoms with Gasteiger partial charge in [-0.3, -0.25) is 14.5 Å². The number of amides is 4. The molecule has 9 heteroatoms. The van der Waals surface area contributed by atoms with Gasteiger partial charge in [0.2, 0.25) is 5.91 Å².